The first-order valence-electron chi connectivity index (χ1n) is 7.18. The average molecular weight is 336 g/mol. The van der Waals surface area contributed by atoms with Crippen LogP contribution in [0.1, 0.15) is 27.6 Å². The molecule has 1 aliphatic carbocycles. The maximum absolute atomic E-state index is 12.3. The second-order valence-electron chi connectivity index (χ2n) is 5.71. The second-order valence-corrected chi connectivity index (χ2v) is 8.30. The van der Waals surface area contributed by atoms with Crippen LogP contribution in [0, 0.1) is 0 Å². The van der Waals surface area contributed by atoms with Crippen molar-refractivity contribution in [3.05, 3.63) is 64.7 Å². The monoisotopic (exact) mass is 335 g/mol. The van der Waals surface area contributed by atoms with Gasteiger partial charge in [0.1, 0.15) is 0 Å². The van der Waals surface area contributed by atoms with Crippen LogP contribution in [0.3, 0.4) is 0 Å². The van der Waals surface area contributed by atoms with E-state index in [0.29, 0.717) is 4.90 Å². The molecule has 0 aromatic heterocycles. The molecule has 5 heteroatoms. The molecule has 0 aliphatic heterocycles. The van der Waals surface area contributed by atoms with Crippen molar-refractivity contribution in [3.8, 4) is 0 Å². The van der Waals surface area contributed by atoms with Crippen LogP contribution in [0.5, 0.6) is 0 Å². The van der Waals surface area contributed by atoms with Crippen molar-refractivity contribution < 1.29 is 8.42 Å². The van der Waals surface area contributed by atoms with Crippen molar-refractivity contribution in [2.75, 3.05) is 14.1 Å². The Morgan fingerprint density at radius 3 is 2.32 bits per heavy atom. The molecule has 0 amide bonds. The first-order valence-corrected chi connectivity index (χ1v) is 9.06. The molecule has 22 heavy (non-hydrogen) atoms. The quantitative estimate of drug-likeness (QED) is 0.789. The van der Waals surface area contributed by atoms with Crippen molar-refractivity contribution >= 4 is 21.6 Å². The average Bonchev–Trinajstić information content (AvgIpc) is 2.65. The van der Waals surface area contributed by atoms with Gasteiger partial charge in [0, 0.05) is 14.1 Å². The number of fused-ring (bicyclic) bond motifs is 2. The highest BCUT2D eigenvalue weighted by Gasteiger charge is 2.25. The Balaban J connectivity index is 2.14. The van der Waals surface area contributed by atoms with Crippen molar-refractivity contribution in [1.82, 2.24) is 4.31 Å². The largest absolute Gasteiger partial charge is 0.242 e. The molecule has 0 spiro atoms. The summed E-state index contributed by atoms with van der Waals surface area (Å²) in [6, 6.07) is 13.4. The molecule has 0 saturated heterocycles. The minimum absolute atomic E-state index is 0.293. The fourth-order valence-corrected chi connectivity index (χ4v) is 4.21. The van der Waals surface area contributed by atoms with Gasteiger partial charge in [0.15, 0.2) is 0 Å². The van der Waals surface area contributed by atoms with Crippen molar-refractivity contribution in [3.63, 3.8) is 0 Å². The van der Waals surface area contributed by atoms with Crippen LogP contribution in [-0.2, 0) is 22.9 Å². The molecule has 1 aliphatic rings. The van der Waals surface area contributed by atoms with Crippen LogP contribution in [0.25, 0.3) is 0 Å². The number of hydrogen-bond acceptors (Lipinski definition) is 2. The number of halogens is 1. The zero-order valence-corrected chi connectivity index (χ0v) is 14.2. The summed E-state index contributed by atoms with van der Waals surface area (Å²) in [5.74, 6) is 0. The fourth-order valence-electron chi connectivity index (χ4n) is 2.85. The third-order valence-corrected chi connectivity index (χ3v) is 6.44. The molecule has 116 valence electrons. The van der Waals surface area contributed by atoms with E-state index in [0.717, 1.165) is 29.5 Å². The minimum atomic E-state index is -3.45. The molecule has 2 aromatic rings. The van der Waals surface area contributed by atoms with Crippen LogP contribution in [0.2, 0.25) is 0 Å². The molecule has 0 N–H and O–H groups in total. The number of benzene rings is 2. The summed E-state index contributed by atoms with van der Waals surface area (Å²) in [5.41, 5.74) is 4.32. The van der Waals surface area contributed by atoms with Crippen LogP contribution in [0.15, 0.2) is 47.4 Å². The molecule has 0 fully saturated rings. The lowest BCUT2D eigenvalue weighted by Crippen LogP contribution is -2.22. The molecule has 1 unspecified atom stereocenters. The van der Waals surface area contributed by atoms with Crippen LogP contribution in [0.4, 0.5) is 0 Å². The highest BCUT2D eigenvalue weighted by Crippen LogP contribution is 2.38. The first kappa shape index (κ1) is 15.5. The Labute approximate surface area is 136 Å². The van der Waals surface area contributed by atoms with Gasteiger partial charge in [-0.2, -0.15) is 0 Å². The van der Waals surface area contributed by atoms with Crippen molar-refractivity contribution in [2.24, 2.45) is 0 Å². The second kappa shape index (κ2) is 5.69. The van der Waals surface area contributed by atoms with E-state index in [4.69, 9.17) is 11.6 Å². The summed E-state index contributed by atoms with van der Waals surface area (Å²) in [5, 5.41) is -0.314. The number of nitrogens with zero attached hydrogens (tertiary/aromatic N) is 1. The molecular weight excluding hydrogens is 318 g/mol. The number of sulfonamides is 1. The van der Waals surface area contributed by atoms with E-state index in [2.05, 4.69) is 6.07 Å². The van der Waals surface area contributed by atoms with Crippen molar-refractivity contribution in [2.45, 2.75) is 23.1 Å². The molecule has 3 rings (SSSR count). The summed E-state index contributed by atoms with van der Waals surface area (Å²) >= 11 is 6.68. The summed E-state index contributed by atoms with van der Waals surface area (Å²) in [6.07, 6.45) is 1.80. The smallest absolute Gasteiger partial charge is 0.207 e. The topological polar surface area (TPSA) is 37.4 Å². The van der Waals surface area contributed by atoms with Gasteiger partial charge in [-0.05, 0) is 47.2 Å². The summed E-state index contributed by atoms with van der Waals surface area (Å²) < 4.78 is 25.9. The Kier molecular flexibility index (Phi) is 4.02. The van der Waals surface area contributed by atoms with Gasteiger partial charge in [0.25, 0.3) is 0 Å². The van der Waals surface area contributed by atoms with E-state index in [-0.39, 0.29) is 5.38 Å². The number of aryl methyl sites for hydroxylation is 2. The van der Waals surface area contributed by atoms with E-state index in [1.807, 2.05) is 24.3 Å². The van der Waals surface area contributed by atoms with Crippen LogP contribution >= 0.6 is 11.6 Å². The van der Waals surface area contributed by atoms with Gasteiger partial charge in [-0.25, -0.2) is 12.7 Å². The van der Waals surface area contributed by atoms with Crippen LogP contribution < -0.4 is 0 Å². The lowest BCUT2D eigenvalue weighted by atomic mass is 10.00. The van der Waals surface area contributed by atoms with Gasteiger partial charge in [0.2, 0.25) is 10.0 Å². The van der Waals surface area contributed by atoms with Gasteiger partial charge in [0.05, 0.1) is 10.3 Å². The van der Waals surface area contributed by atoms with E-state index in [1.165, 1.54) is 24.0 Å². The van der Waals surface area contributed by atoms with E-state index in [1.54, 1.807) is 12.1 Å². The zero-order valence-electron chi connectivity index (χ0n) is 12.6. The highest BCUT2D eigenvalue weighted by molar-refractivity contribution is 7.89. The fraction of sp³-hybridized carbons (Fsp3) is 0.294. The Hall–Kier alpha value is -1.36. The number of rotatable bonds is 2. The third kappa shape index (κ3) is 2.56. The molecule has 1 atom stereocenters. The SMILES string of the molecule is CN(C)S(=O)(=O)c1ccc2c(c1)C(Cl)c1ccccc1CC2. The number of hydrogen-bond donors (Lipinski definition) is 0. The summed E-state index contributed by atoms with van der Waals surface area (Å²) in [6.45, 7) is 0. The molecule has 0 radical (unpaired) electrons. The summed E-state index contributed by atoms with van der Waals surface area (Å²) in [4.78, 5) is 0.293. The number of alkyl halides is 1. The Morgan fingerprint density at radius 2 is 1.64 bits per heavy atom. The molecule has 3 nitrogen and oxygen atoms in total. The molecule has 2 aromatic carbocycles. The van der Waals surface area contributed by atoms with Gasteiger partial charge in [-0.1, -0.05) is 30.3 Å². The van der Waals surface area contributed by atoms with E-state index in [9.17, 15) is 8.42 Å². The molecule has 0 saturated carbocycles. The zero-order chi connectivity index (χ0) is 15.9. The van der Waals surface area contributed by atoms with Gasteiger partial charge >= 0.3 is 0 Å². The minimum Gasteiger partial charge on any atom is -0.207 e. The van der Waals surface area contributed by atoms with Crippen LogP contribution in [-0.4, -0.2) is 26.8 Å². The lowest BCUT2D eigenvalue weighted by molar-refractivity contribution is 0.520. The predicted octanol–water partition coefficient (Wildman–Crippen LogP) is 3.36. The third-order valence-electron chi connectivity index (χ3n) is 4.16. The van der Waals surface area contributed by atoms with Gasteiger partial charge in [-0.3, -0.25) is 0 Å². The highest BCUT2D eigenvalue weighted by atomic mass is 35.5. The Bertz CT molecular complexity index is 815. The molecule has 0 bridgehead atoms. The molecule has 0 heterocycles. The standard InChI is InChI=1S/C17H18ClNO2S/c1-19(2)22(20,21)14-10-9-13-8-7-12-5-3-4-6-15(12)17(18)16(13)11-14/h3-6,9-11,17H,7-8H2,1-2H3. The Morgan fingerprint density at radius 1 is 1.00 bits per heavy atom. The normalized spacial score (nSPS) is 17.7. The van der Waals surface area contributed by atoms with E-state index < -0.39 is 10.0 Å². The van der Waals surface area contributed by atoms with Gasteiger partial charge < -0.3 is 0 Å². The van der Waals surface area contributed by atoms with Gasteiger partial charge in [-0.15, -0.1) is 11.6 Å². The summed E-state index contributed by atoms with van der Waals surface area (Å²) in [7, 11) is -0.376. The lowest BCUT2D eigenvalue weighted by Gasteiger charge is -2.17. The van der Waals surface area contributed by atoms with E-state index >= 15 is 0 Å². The predicted molar refractivity (Wildman–Crippen MR) is 88.9 cm³/mol. The first-order chi connectivity index (χ1) is 10.4. The molecular formula is C17H18ClNO2S. The van der Waals surface area contributed by atoms with Crippen molar-refractivity contribution in [1.29, 1.82) is 0 Å². The maximum atomic E-state index is 12.3. The maximum Gasteiger partial charge on any atom is 0.242 e.